The topological polar surface area (TPSA) is 92.8 Å². The number of carbonyl (C=O) groups excluding carboxylic acids is 4. The van der Waals surface area contributed by atoms with Crippen molar-refractivity contribution in [1.29, 1.82) is 0 Å². The van der Waals surface area contributed by atoms with E-state index in [0.29, 0.717) is 16.8 Å². The number of hydrogen-bond acceptors (Lipinski definition) is 5. The maximum Gasteiger partial charge on any atom is 0.343 e. The maximum atomic E-state index is 13.1. The molecule has 0 unspecified atom stereocenters. The lowest BCUT2D eigenvalue weighted by Gasteiger charge is -2.26. The molecular formula is C25H18N2O5. The Balaban J connectivity index is 1.67. The molecule has 0 saturated carbocycles. The maximum absolute atomic E-state index is 13.1. The Kier molecular flexibility index (Phi) is 5.63. The first-order valence-electron chi connectivity index (χ1n) is 9.78. The average molecular weight is 426 g/mol. The highest BCUT2D eigenvalue weighted by Crippen LogP contribution is 2.26. The van der Waals surface area contributed by atoms with Crippen molar-refractivity contribution < 1.29 is 23.9 Å². The second-order valence-corrected chi connectivity index (χ2v) is 7.09. The van der Waals surface area contributed by atoms with Crippen molar-refractivity contribution in [3.05, 3.63) is 101 Å². The summed E-state index contributed by atoms with van der Waals surface area (Å²) in [6.45, 7) is 1.88. The standard InChI is InChI=1S/C25H18N2O5/c1-16-11-13-19(14-12-16)27-23(29)20(22(28)26-25(27)31)15-18-9-5-6-10-21(18)32-24(30)17-7-3-2-4-8-17/h2-15H,1H3,(H,26,28,31). The van der Waals surface area contributed by atoms with Crippen molar-refractivity contribution in [3.63, 3.8) is 0 Å². The van der Waals surface area contributed by atoms with Crippen LogP contribution >= 0.6 is 0 Å². The fourth-order valence-electron chi connectivity index (χ4n) is 3.17. The minimum Gasteiger partial charge on any atom is -0.422 e. The lowest BCUT2D eigenvalue weighted by molar-refractivity contribution is -0.122. The number of barbiturate groups is 1. The van der Waals surface area contributed by atoms with E-state index in [1.165, 1.54) is 6.08 Å². The summed E-state index contributed by atoms with van der Waals surface area (Å²) >= 11 is 0. The van der Waals surface area contributed by atoms with Crippen LogP contribution in [0.15, 0.2) is 84.4 Å². The third-order valence-electron chi connectivity index (χ3n) is 4.82. The van der Waals surface area contributed by atoms with Gasteiger partial charge in [-0.3, -0.25) is 14.9 Å². The van der Waals surface area contributed by atoms with Crippen molar-refractivity contribution in [2.75, 3.05) is 4.90 Å². The average Bonchev–Trinajstić information content (AvgIpc) is 2.79. The summed E-state index contributed by atoms with van der Waals surface area (Å²) in [6.07, 6.45) is 1.30. The zero-order chi connectivity index (χ0) is 22.7. The third-order valence-corrected chi connectivity index (χ3v) is 4.82. The lowest BCUT2D eigenvalue weighted by atomic mass is 10.1. The van der Waals surface area contributed by atoms with Crippen LogP contribution in [-0.4, -0.2) is 23.8 Å². The monoisotopic (exact) mass is 426 g/mol. The van der Waals surface area contributed by atoms with Crippen molar-refractivity contribution in [2.24, 2.45) is 0 Å². The number of para-hydroxylation sites is 1. The Morgan fingerprint density at radius 3 is 2.25 bits per heavy atom. The number of aryl methyl sites for hydroxylation is 1. The Morgan fingerprint density at radius 2 is 1.53 bits per heavy atom. The lowest BCUT2D eigenvalue weighted by Crippen LogP contribution is -2.54. The van der Waals surface area contributed by atoms with E-state index in [4.69, 9.17) is 4.74 Å². The largest absolute Gasteiger partial charge is 0.422 e. The van der Waals surface area contributed by atoms with E-state index in [2.05, 4.69) is 5.32 Å². The fraction of sp³-hybridized carbons (Fsp3) is 0.0400. The van der Waals surface area contributed by atoms with Crippen molar-refractivity contribution >= 4 is 35.6 Å². The molecule has 3 aromatic carbocycles. The molecule has 1 fully saturated rings. The zero-order valence-corrected chi connectivity index (χ0v) is 17.1. The molecule has 0 aliphatic carbocycles. The van der Waals surface area contributed by atoms with Crippen LogP contribution in [0.3, 0.4) is 0 Å². The van der Waals surface area contributed by atoms with Crippen molar-refractivity contribution in [3.8, 4) is 5.75 Å². The van der Waals surface area contributed by atoms with Gasteiger partial charge in [0.05, 0.1) is 11.3 Å². The van der Waals surface area contributed by atoms with Gasteiger partial charge in [-0.05, 0) is 43.3 Å². The number of anilines is 1. The van der Waals surface area contributed by atoms with Gasteiger partial charge in [0.25, 0.3) is 11.8 Å². The smallest absolute Gasteiger partial charge is 0.343 e. The summed E-state index contributed by atoms with van der Waals surface area (Å²) in [4.78, 5) is 51.2. The van der Waals surface area contributed by atoms with E-state index >= 15 is 0 Å². The van der Waals surface area contributed by atoms with Crippen LogP contribution in [0, 0.1) is 6.92 Å². The molecule has 1 aliphatic rings. The Bertz CT molecular complexity index is 1250. The summed E-state index contributed by atoms with van der Waals surface area (Å²) in [5.74, 6) is -2.00. The summed E-state index contributed by atoms with van der Waals surface area (Å²) < 4.78 is 5.48. The summed E-state index contributed by atoms with van der Waals surface area (Å²) in [5.41, 5.74) is 1.74. The summed E-state index contributed by atoms with van der Waals surface area (Å²) in [7, 11) is 0. The normalized spacial score (nSPS) is 15.0. The molecule has 0 spiro atoms. The van der Waals surface area contributed by atoms with Gasteiger partial charge in [-0.15, -0.1) is 0 Å². The predicted octanol–water partition coefficient (Wildman–Crippen LogP) is 3.88. The summed E-state index contributed by atoms with van der Waals surface area (Å²) in [6, 6.07) is 20.9. The number of imide groups is 2. The predicted molar refractivity (Wildman–Crippen MR) is 118 cm³/mol. The molecule has 1 aliphatic heterocycles. The van der Waals surface area contributed by atoms with Crippen LogP contribution in [0.5, 0.6) is 5.75 Å². The number of rotatable bonds is 4. The number of nitrogens with zero attached hydrogens (tertiary/aromatic N) is 1. The minimum atomic E-state index is -0.829. The van der Waals surface area contributed by atoms with E-state index in [1.54, 1.807) is 78.9 Å². The van der Waals surface area contributed by atoms with Crippen LogP contribution in [0.2, 0.25) is 0 Å². The Morgan fingerprint density at radius 1 is 0.875 bits per heavy atom. The molecule has 0 atom stereocenters. The SMILES string of the molecule is Cc1ccc(N2C(=O)NC(=O)C(=Cc3ccccc3OC(=O)c3ccccc3)C2=O)cc1. The van der Waals surface area contributed by atoms with Gasteiger partial charge in [0.2, 0.25) is 0 Å². The van der Waals surface area contributed by atoms with Gasteiger partial charge in [0.15, 0.2) is 0 Å². The molecule has 1 N–H and O–H groups in total. The minimum absolute atomic E-state index is 0.174. The van der Waals surface area contributed by atoms with Gasteiger partial charge in [-0.2, -0.15) is 0 Å². The molecule has 1 heterocycles. The number of hydrogen-bond donors (Lipinski definition) is 1. The van der Waals surface area contributed by atoms with Gasteiger partial charge in [0.1, 0.15) is 11.3 Å². The second-order valence-electron chi connectivity index (χ2n) is 7.09. The van der Waals surface area contributed by atoms with Crippen LogP contribution in [-0.2, 0) is 9.59 Å². The number of nitrogens with one attached hydrogen (secondary N) is 1. The molecule has 7 nitrogen and oxygen atoms in total. The highest BCUT2D eigenvalue weighted by atomic mass is 16.5. The molecule has 1 saturated heterocycles. The van der Waals surface area contributed by atoms with Crippen molar-refractivity contribution in [2.45, 2.75) is 6.92 Å². The molecule has 7 heteroatoms. The molecule has 0 radical (unpaired) electrons. The first kappa shape index (κ1) is 20.7. The first-order valence-corrected chi connectivity index (χ1v) is 9.78. The van der Waals surface area contributed by atoms with E-state index in [-0.39, 0.29) is 11.3 Å². The van der Waals surface area contributed by atoms with Gasteiger partial charge in [-0.1, -0.05) is 54.1 Å². The highest BCUT2D eigenvalue weighted by Gasteiger charge is 2.37. The molecule has 0 bridgehead atoms. The van der Waals surface area contributed by atoms with Gasteiger partial charge in [-0.25, -0.2) is 14.5 Å². The number of amides is 4. The Hall–Kier alpha value is -4.52. The number of urea groups is 1. The molecule has 158 valence electrons. The van der Waals surface area contributed by atoms with E-state index in [1.807, 2.05) is 6.92 Å². The van der Waals surface area contributed by atoms with E-state index in [9.17, 15) is 19.2 Å². The molecular weight excluding hydrogens is 408 g/mol. The number of esters is 1. The van der Waals surface area contributed by atoms with E-state index in [0.717, 1.165) is 10.5 Å². The quantitative estimate of drug-likeness (QED) is 0.296. The van der Waals surface area contributed by atoms with Crippen LogP contribution in [0.25, 0.3) is 6.08 Å². The number of ether oxygens (including phenoxy) is 1. The Labute approximate surface area is 183 Å². The highest BCUT2D eigenvalue weighted by molar-refractivity contribution is 6.39. The number of carbonyl (C=O) groups is 4. The van der Waals surface area contributed by atoms with Gasteiger partial charge in [0, 0.05) is 5.56 Å². The second kappa shape index (κ2) is 8.69. The molecule has 4 amide bonds. The van der Waals surface area contributed by atoms with Crippen molar-refractivity contribution in [1.82, 2.24) is 5.32 Å². The van der Waals surface area contributed by atoms with Crippen LogP contribution < -0.4 is 15.0 Å². The van der Waals surface area contributed by atoms with Crippen LogP contribution in [0.1, 0.15) is 21.5 Å². The third kappa shape index (κ3) is 4.17. The van der Waals surface area contributed by atoms with Crippen LogP contribution in [0.4, 0.5) is 10.5 Å². The first-order chi connectivity index (χ1) is 15.4. The van der Waals surface area contributed by atoms with Gasteiger partial charge >= 0.3 is 12.0 Å². The van der Waals surface area contributed by atoms with E-state index < -0.39 is 23.8 Å². The summed E-state index contributed by atoms with van der Waals surface area (Å²) in [5, 5.41) is 2.18. The number of benzene rings is 3. The molecule has 32 heavy (non-hydrogen) atoms. The zero-order valence-electron chi connectivity index (χ0n) is 17.1. The molecule has 0 aromatic heterocycles. The molecule has 4 rings (SSSR count). The van der Waals surface area contributed by atoms with Gasteiger partial charge < -0.3 is 4.74 Å². The molecule has 3 aromatic rings. The fourth-order valence-corrected chi connectivity index (χ4v) is 3.17.